The van der Waals surface area contributed by atoms with Crippen molar-refractivity contribution in [2.24, 2.45) is 0 Å². The first-order chi connectivity index (χ1) is 5.25. The molecule has 0 atom stereocenters. The lowest BCUT2D eigenvalue weighted by atomic mass is 10.1. The molecule has 0 aromatic carbocycles. The maximum Gasteiger partial charge on any atom is 0.162 e. The number of hydrogen-bond donors (Lipinski definition) is 0. The van der Waals surface area contributed by atoms with E-state index < -0.39 is 0 Å². The molecule has 0 saturated carbocycles. The highest BCUT2D eigenvalue weighted by molar-refractivity contribution is 5.95. The summed E-state index contributed by atoms with van der Waals surface area (Å²) < 4.78 is 0. The van der Waals surface area contributed by atoms with Crippen molar-refractivity contribution in [3.8, 4) is 12.3 Å². The lowest BCUT2D eigenvalue weighted by Crippen LogP contribution is -1.97. The van der Waals surface area contributed by atoms with Crippen LogP contribution in [0.5, 0.6) is 0 Å². The summed E-state index contributed by atoms with van der Waals surface area (Å²) in [5, 5.41) is 0. The number of nitrogens with zero attached hydrogens (tertiary/aromatic N) is 1. The van der Waals surface area contributed by atoms with Gasteiger partial charge in [0, 0.05) is 6.20 Å². The second-order valence-electron chi connectivity index (χ2n) is 2.10. The van der Waals surface area contributed by atoms with Crippen molar-refractivity contribution in [3.05, 3.63) is 29.6 Å². The predicted octanol–water partition coefficient (Wildman–Crippen LogP) is 1.27. The van der Waals surface area contributed by atoms with Crippen LogP contribution in [0.25, 0.3) is 0 Å². The summed E-state index contributed by atoms with van der Waals surface area (Å²) in [4.78, 5) is 14.8. The maximum atomic E-state index is 10.9. The molecule has 0 radical (unpaired) electrons. The zero-order valence-corrected chi connectivity index (χ0v) is 6.16. The molecule has 0 aliphatic carbocycles. The number of pyridine rings is 1. The topological polar surface area (TPSA) is 30.0 Å². The average Bonchev–Trinajstić information content (AvgIpc) is 2.04. The molecule has 11 heavy (non-hydrogen) atoms. The lowest BCUT2D eigenvalue weighted by Gasteiger charge is -1.95. The first-order valence-corrected chi connectivity index (χ1v) is 3.18. The van der Waals surface area contributed by atoms with Crippen LogP contribution in [0.4, 0.5) is 0 Å². The van der Waals surface area contributed by atoms with Gasteiger partial charge in [-0.25, -0.2) is 4.98 Å². The van der Waals surface area contributed by atoms with E-state index >= 15 is 0 Å². The summed E-state index contributed by atoms with van der Waals surface area (Å²) >= 11 is 0. The highest BCUT2D eigenvalue weighted by atomic mass is 16.1. The van der Waals surface area contributed by atoms with E-state index in [0.29, 0.717) is 11.3 Å². The van der Waals surface area contributed by atoms with Gasteiger partial charge in [-0.3, -0.25) is 4.79 Å². The number of carbonyl (C=O) groups excluding carboxylic acids is 1. The van der Waals surface area contributed by atoms with Crippen LogP contribution >= 0.6 is 0 Å². The molecule has 1 aromatic rings. The van der Waals surface area contributed by atoms with E-state index in [0.717, 1.165) is 0 Å². The minimum absolute atomic E-state index is 0.0500. The van der Waals surface area contributed by atoms with Crippen LogP contribution in [-0.4, -0.2) is 10.8 Å². The van der Waals surface area contributed by atoms with E-state index in [-0.39, 0.29) is 5.78 Å². The third-order valence-electron chi connectivity index (χ3n) is 1.32. The van der Waals surface area contributed by atoms with Crippen LogP contribution in [0.1, 0.15) is 23.0 Å². The molecule has 1 rings (SSSR count). The molecule has 1 heterocycles. The van der Waals surface area contributed by atoms with Crippen molar-refractivity contribution >= 4 is 5.78 Å². The SMILES string of the molecule is C#Cc1ncccc1C(C)=O. The van der Waals surface area contributed by atoms with Gasteiger partial charge in [-0.05, 0) is 25.0 Å². The third-order valence-corrected chi connectivity index (χ3v) is 1.32. The minimum atomic E-state index is -0.0500. The number of rotatable bonds is 1. The summed E-state index contributed by atoms with van der Waals surface area (Å²) in [5.41, 5.74) is 0.926. The quantitative estimate of drug-likeness (QED) is 0.440. The van der Waals surface area contributed by atoms with E-state index in [1.165, 1.54) is 6.92 Å². The number of hydrogen-bond acceptors (Lipinski definition) is 2. The second kappa shape index (κ2) is 2.98. The van der Waals surface area contributed by atoms with Crippen LogP contribution in [0.3, 0.4) is 0 Å². The van der Waals surface area contributed by atoms with Crippen molar-refractivity contribution < 1.29 is 4.79 Å². The molecule has 2 heteroatoms. The summed E-state index contributed by atoms with van der Waals surface area (Å²) in [6.07, 6.45) is 6.69. The average molecular weight is 145 g/mol. The van der Waals surface area contributed by atoms with E-state index in [4.69, 9.17) is 6.42 Å². The third kappa shape index (κ3) is 1.44. The first-order valence-electron chi connectivity index (χ1n) is 3.18. The monoisotopic (exact) mass is 145 g/mol. The molecule has 0 bridgehead atoms. The van der Waals surface area contributed by atoms with Crippen LogP contribution in [0, 0.1) is 12.3 Å². The van der Waals surface area contributed by atoms with Gasteiger partial charge < -0.3 is 0 Å². The normalized spacial score (nSPS) is 8.73. The van der Waals surface area contributed by atoms with Crippen molar-refractivity contribution in [1.82, 2.24) is 4.98 Å². The smallest absolute Gasteiger partial charge is 0.162 e. The number of terminal acetylenes is 1. The van der Waals surface area contributed by atoms with Crippen molar-refractivity contribution in [2.75, 3.05) is 0 Å². The van der Waals surface area contributed by atoms with Crippen LogP contribution in [0.15, 0.2) is 18.3 Å². The predicted molar refractivity (Wildman–Crippen MR) is 42.2 cm³/mol. The van der Waals surface area contributed by atoms with Gasteiger partial charge >= 0.3 is 0 Å². The van der Waals surface area contributed by atoms with E-state index in [1.807, 2.05) is 0 Å². The summed E-state index contributed by atoms with van der Waals surface area (Å²) in [5.74, 6) is 2.30. The molecule has 2 nitrogen and oxygen atoms in total. The molecule has 0 fully saturated rings. The Morgan fingerprint density at radius 1 is 1.73 bits per heavy atom. The van der Waals surface area contributed by atoms with Gasteiger partial charge in [-0.1, -0.05) is 0 Å². The van der Waals surface area contributed by atoms with E-state index in [1.54, 1.807) is 18.3 Å². The van der Waals surface area contributed by atoms with E-state index in [9.17, 15) is 4.79 Å². The highest BCUT2D eigenvalue weighted by Gasteiger charge is 2.03. The molecule has 0 amide bonds. The van der Waals surface area contributed by atoms with Gasteiger partial charge in [-0.2, -0.15) is 0 Å². The molecular formula is C9H7NO. The fourth-order valence-electron chi connectivity index (χ4n) is 0.804. The van der Waals surface area contributed by atoms with Gasteiger partial charge in [0.25, 0.3) is 0 Å². The van der Waals surface area contributed by atoms with Crippen LogP contribution in [0.2, 0.25) is 0 Å². The molecule has 0 N–H and O–H groups in total. The molecule has 54 valence electrons. The number of Topliss-reactive ketones (excluding diaryl/α,β-unsaturated/α-hetero) is 1. The van der Waals surface area contributed by atoms with Gasteiger partial charge in [0.15, 0.2) is 5.78 Å². The second-order valence-corrected chi connectivity index (χ2v) is 2.10. The zero-order valence-electron chi connectivity index (χ0n) is 6.16. The Morgan fingerprint density at radius 3 is 2.91 bits per heavy atom. The number of ketones is 1. The lowest BCUT2D eigenvalue weighted by molar-refractivity contribution is 0.101. The molecule has 0 unspecified atom stereocenters. The largest absolute Gasteiger partial charge is 0.294 e. The maximum absolute atomic E-state index is 10.9. The van der Waals surface area contributed by atoms with Gasteiger partial charge in [-0.15, -0.1) is 6.42 Å². The molecule has 0 aliphatic heterocycles. The Morgan fingerprint density at radius 2 is 2.45 bits per heavy atom. The van der Waals surface area contributed by atoms with Crippen molar-refractivity contribution in [3.63, 3.8) is 0 Å². The van der Waals surface area contributed by atoms with Crippen molar-refractivity contribution in [2.45, 2.75) is 6.92 Å². The Bertz CT molecular complexity index is 323. The van der Waals surface area contributed by atoms with Crippen LogP contribution < -0.4 is 0 Å². The first kappa shape index (κ1) is 7.49. The van der Waals surface area contributed by atoms with Crippen LogP contribution in [-0.2, 0) is 0 Å². The molecule has 0 spiro atoms. The molecule has 0 saturated heterocycles. The zero-order chi connectivity index (χ0) is 8.27. The van der Waals surface area contributed by atoms with Crippen molar-refractivity contribution in [1.29, 1.82) is 0 Å². The summed E-state index contributed by atoms with van der Waals surface area (Å²) in [6.45, 7) is 1.47. The number of carbonyl (C=O) groups is 1. The summed E-state index contributed by atoms with van der Waals surface area (Å²) in [7, 11) is 0. The van der Waals surface area contributed by atoms with Gasteiger partial charge in [0.1, 0.15) is 5.69 Å². The highest BCUT2D eigenvalue weighted by Crippen LogP contribution is 2.03. The van der Waals surface area contributed by atoms with E-state index in [2.05, 4.69) is 10.9 Å². The molecule has 0 aliphatic rings. The Balaban J connectivity index is 3.26. The standard InChI is InChI=1S/C9H7NO/c1-3-9-8(7(2)11)5-4-6-10-9/h1,4-6H,2H3. The van der Waals surface area contributed by atoms with Gasteiger partial charge in [0.05, 0.1) is 5.56 Å². The Labute approximate surface area is 65.3 Å². The summed E-state index contributed by atoms with van der Waals surface area (Å²) in [6, 6.07) is 3.36. The number of aromatic nitrogens is 1. The minimum Gasteiger partial charge on any atom is -0.294 e. The fourth-order valence-corrected chi connectivity index (χ4v) is 0.804. The van der Waals surface area contributed by atoms with Gasteiger partial charge in [0.2, 0.25) is 0 Å². The molecule has 1 aromatic heterocycles. The Hall–Kier alpha value is -1.62. The molecular weight excluding hydrogens is 138 g/mol. The Kier molecular flexibility index (Phi) is 2.03. The fraction of sp³-hybridized carbons (Fsp3) is 0.111.